The first-order valence-electron chi connectivity index (χ1n) is 5.71. The van der Waals surface area contributed by atoms with Crippen LogP contribution in [0.15, 0.2) is 30.3 Å². The van der Waals surface area contributed by atoms with E-state index in [4.69, 9.17) is 4.74 Å². The Kier molecular flexibility index (Phi) is 3.61. The third kappa shape index (κ3) is 3.12. The molecule has 1 aromatic carbocycles. The van der Waals surface area contributed by atoms with Crippen molar-refractivity contribution in [2.45, 2.75) is 24.2 Å². The molecule has 0 saturated heterocycles. The Hall–Kier alpha value is -0.771. The van der Waals surface area contributed by atoms with Crippen molar-refractivity contribution in [1.82, 2.24) is 4.98 Å². The van der Waals surface area contributed by atoms with Crippen LogP contribution in [-0.2, 0) is 0 Å². The number of ether oxygens (including phenoxy) is 1. The van der Waals surface area contributed by atoms with Gasteiger partial charge in [-0.25, -0.2) is 0 Å². The first-order chi connectivity index (χ1) is 7.99. The van der Waals surface area contributed by atoms with E-state index in [9.17, 15) is 0 Å². The van der Waals surface area contributed by atoms with Gasteiger partial charge in [0, 0.05) is 0 Å². The van der Waals surface area contributed by atoms with Crippen LogP contribution < -0.4 is 8.45 Å². The summed E-state index contributed by atoms with van der Waals surface area (Å²) in [5.41, 5.74) is 0. The summed E-state index contributed by atoms with van der Waals surface area (Å²) < 4.78 is 6.98. The molecule has 1 heterocycles. The van der Waals surface area contributed by atoms with E-state index in [1.165, 1.54) is 14.5 Å². The van der Waals surface area contributed by atoms with Crippen molar-refractivity contribution in [2.24, 2.45) is 0 Å². The molecule has 0 N–H and O–H groups in total. The van der Waals surface area contributed by atoms with Gasteiger partial charge in [-0.05, 0) is 0 Å². The molecule has 0 saturated carbocycles. The summed E-state index contributed by atoms with van der Waals surface area (Å²) in [6, 6.07) is 10.5. The van der Waals surface area contributed by atoms with E-state index in [0.717, 1.165) is 5.88 Å². The molecule has 1 aromatic heterocycles. The third-order valence-electron chi connectivity index (χ3n) is 2.42. The quantitative estimate of drug-likeness (QED) is 0.788. The summed E-state index contributed by atoms with van der Waals surface area (Å²) in [5.74, 6) is 0.740. The molecule has 0 atom stereocenters. The summed E-state index contributed by atoms with van der Waals surface area (Å²) in [6.45, 7) is 6.90. The fourth-order valence-corrected chi connectivity index (χ4v) is 5.27. The predicted molar refractivity (Wildman–Crippen MR) is 73.4 cm³/mol. The van der Waals surface area contributed by atoms with Crippen molar-refractivity contribution >= 4 is 35.6 Å². The Morgan fingerprint density at radius 3 is 2.53 bits per heavy atom. The number of methoxy groups -OCH3 is 1. The zero-order valence-electron chi connectivity index (χ0n) is 10.7. The number of pyridine rings is 1. The summed E-state index contributed by atoms with van der Waals surface area (Å²) in [4.78, 5) is 4.66. The van der Waals surface area contributed by atoms with E-state index in [2.05, 4.69) is 50.0 Å². The zero-order chi connectivity index (χ0) is 12.5. The summed E-state index contributed by atoms with van der Waals surface area (Å²) in [7, 11) is 1.68. The number of aromatic nitrogens is 1. The van der Waals surface area contributed by atoms with Crippen LogP contribution in [0.1, 0.15) is 20.8 Å². The summed E-state index contributed by atoms with van der Waals surface area (Å²) in [6.07, 6.45) is 0. The van der Waals surface area contributed by atoms with Crippen LogP contribution in [-0.4, -0.2) is 33.2 Å². The predicted octanol–water partition coefficient (Wildman–Crippen LogP) is 2.79. The number of nitrogens with zero attached hydrogens (tertiary/aromatic N) is 1. The topological polar surface area (TPSA) is 22.1 Å². The monoisotopic (exact) mass is 335 g/mol. The Bertz CT molecular complexity index is 531. The van der Waals surface area contributed by atoms with Gasteiger partial charge in [-0.2, -0.15) is 0 Å². The molecule has 2 rings (SSSR count). The fraction of sp³-hybridized carbons (Fsp3) is 0.357. The zero-order valence-corrected chi connectivity index (χ0v) is 13.6. The molecule has 0 aliphatic carbocycles. The van der Waals surface area contributed by atoms with Gasteiger partial charge in [0.25, 0.3) is 0 Å². The molecule has 88 valence electrons. The Balaban J connectivity index is 2.58. The van der Waals surface area contributed by atoms with Crippen LogP contribution in [0, 0.1) is 0 Å². The van der Waals surface area contributed by atoms with Gasteiger partial charge in [-0.15, -0.1) is 0 Å². The molecule has 0 spiro atoms. The SMILES string of the molecule is COc1cc2ccccc2[c]([Sn][C](C)(C)C)n1. The molecule has 3 heteroatoms. The number of hydrogen-bond donors (Lipinski definition) is 0. The van der Waals surface area contributed by atoms with Crippen LogP contribution in [0.4, 0.5) is 0 Å². The van der Waals surface area contributed by atoms with Gasteiger partial charge in [0.15, 0.2) is 0 Å². The van der Waals surface area contributed by atoms with Crippen LogP contribution in [0.2, 0.25) is 3.43 Å². The van der Waals surface area contributed by atoms with Gasteiger partial charge in [0.1, 0.15) is 0 Å². The van der Waals surface area contributed by atoms with E-state index in [1.807, 2.05) is 6.07 Å². The molecule has 0 aliphatic heterocycles. The van der Waals surface area contributed by atoms with Crippen molar-refractivity contribution < 1.29 is 4.74 Å². The second-order valence-corrected chi connectivity index (χ2v) is 11.5. The van der Waals surface area contributed by atoms with Gasteiger partial charge in [-0.3, -0.25) is 0 Å². The molecule has 2 nitrogen and oxygen atoms in total. The Morgan fingerprint density at radius 2 is 1.88 bits per heavy atom. The molecular formula is C14H17NOSn. The normalized spacial score (nSPS) is 11.8. The molecule has 2 radical (unpaired) electrons. The van der Waals surface area contributed by atoms with Crippen molar-refractivity contribution in [2.75, 3.05) is 7.11 Å². The molecule has 17 heavy (non-hydrogen) atoms. The van der Waals surface area contributed by atoms with Crippen LogP contribution >= 0.6 is 0 Å². The molecule has 0 unspecified atom stereocenters. The van der Waals surface area contributed by atoms with Crippen molar-refractivity contribution in [3.63, 3.8) is 0 Å². The summed E-state index contributed by atoms with van der Waals surface area (Å²) in [5, 5.41) is 2.54. The van der Waals surface area contributed by atoms with Gasteiger partial charge < -0.3 is 0 Å². The van der Waals surface area contributed by atoms with Crippen molar-refractivity contribution in [3.05, 3.63) is 30.3 Å². The number of rotatable bonds is 2. The van der Waals surface area contributed by atoms with Gasteiger partial charge in [0.2, 0.25) is 0 Å². The van der Waals surface area contributed by atoms with E-state index >= 15 is 0 Å². The van der Waals surface area contributed by atoms with E-state index in [-0.39, 0.29) is 0 Å². The molecule has 0 fully saturated rings. The van der Waals surface area contributed by atoms with E-state index in [0.29, 0.717) is 3.43 Å². The summed E-state index contributed by atoms with van der Waals surface area (Å²) >= 11 is -0.723. The van der Waals surface area contributed by atoms with E-state index < -0.39 is 21.1 Å². The third-order valence-corrected chi connectivity index (χ3v) is 6.32. The molecule has 2 aromatic rings. The number of hydrogen-bond acceptors (Lipinski definition) is 2. The molecule has 0 aliphatic rings. The Labute approximate surface area is 113 Å². The second-order valence-electron chi connectivity index (χ2n) is 5.11. The van der Waals surface area contributed by atoms with Gasteiger partial charge in [-0.1, -0.05) is 0 Å². The minimum absolute atomic E-state index is 0.394. The van der Waals surface area contributed by atoms with Crippen molar-refractivity contribution in [1.29, 1.82) is 0 Å². The van der Waals surface area contributed by atoms with Crippen molar-refractivity contribution in [3.8, 4) is 5.88 Å². The first kappa shape index (κ1) is 12.7. The van der Waals surface area contributed by atoms with Crippen LogP contribution in [0.25, 0.3) is 10.8 Å². The Morgan fingerprint density at radius 1 is 1.18 bits per heavy atom. The maximum absolute atomic E-state index is 5.29. The van der Waals surface area contributed by atoms with E-state index in [1.54, 1.807) is 7.11 Å². The molecular weight excluding hydrogens is 317 g/mol. The molecule has 0 amide bonds. The van der Waals surface area contributed by atoms with Gasteiger partial charge in [0.05, 0.1) is 0 Å². The van der Waals surface area contributed by atoms with Crippen LogP contribution in [0.5, 0.6) is 5.88 Å². The average molecular weight is 334 g/mol. The second kappa shape index (κ2) is 4.84. The standard InChI is InChI=1S/C10H8NO.C4H9.Sn/c1-12-10-6-8-4-2-3-5-9(8)7-11-10;1-4(2)3;/h2-6H,1H3;1-3H3;. The first-order valence-corrected chi connectivity index (χ1v) is 8.57. The number of benzene rings is 1. The van der Waals surface area contributed by atoms with Crippen LogP contribution in [0.3, 0.4) is 0 Å². The average Bonchev–Trinajstić information content (AvgIpc) is 2.26. The maximum atomic E-state index is 5.29. The van der Waals surface area contributed by atoms with Gasteiger partial charge >= 0.3 is 113 Å². The number of fused-ring (bicyclic) bond motifs is 1. The molecule has 0 bridgehead atoms. The fourth-order valence-electron chi connectivity index (χ4n) is 1.73. The minimum atomic E-state index is -0.723.